The van der Waals surface area contributed by atoms with Gasteiger partial charge in [-0.1, -0.05) is 11.3 Å². The van der Waals surface area contributed by atoms with Crippen LogP contribution in [0.4, 0.5) is 0 Å². The van der Waals surface area contributed by atoms with Crippen LogP contribution in [0.5, 0.6) is 23.0 Å². The molecular weight excluding hydrogens is 496 g/mol. The van der Waals surface area contributed by atoms with E-state index >= 15 is 0 Å². The number of rotatable bonds is 8. The molecule has 10 heteroatoms. The number of ether oxygens (including phenoxy) is 5. The van der Waals surface area contributed by atoms with E-state index in [4.69, 9.17) is 23.7 Å². The van der Waals surface area contributed by atoms with E-state index in [1.807, 2.05) is 0 Å². The third-order valence-corrected chi connectivity index (χ3v) is 6.95. The second-order valence-electron chi connectivity index (χ2n) is 8.02. The number of hydrogen-bond donors (Lipinski definition) is 0. The summed E-state index contributed by atoms with van der Waals surface area (Å²) in [6.45, 7) is 3.64. The predicted octanol–water partition coefficient (Wildman–Crippen LogP) is 2.83. The highest BCUT2D eigenvalue weighted by Crippen LogP contribution is 2.37. The molecule has 0 N–H and O–H groups in total. The molecule has 1 aliphatic rings. The molecule has 1 aromatic heterocycles. The molecule has 0 aliphatic carbocycles. The van der Waals surface area contributed by atoms with Gasteiger partial charge in [-0.15, -0.1) is 0 Å². The summed E-state index contributed by atoms with van der Waals surface area (Å²) in [7, 11) is 6.21. The van der Waals surface area contributed by atoms with Crippen molar-refractivity contribution in [2.24, 2.45) is 4.99 Å². The van der Waals surface area contributed by atoms with E-state index in [-0.39, 0.29) is 17.7 Å². The monoisotopic (exact) mass is 524 g/mol. The van der Waals surface area contributed by atoms with Gasteiger partial charge in [0.05, 0.1) is 50.8 Å². The zero-order valence-electron chi connectivity index (χ0n) is 21.5. The molecule has 0 saturated heterocycles. The highest BCUT2D eigenvalue weighted by Gasteiger charge is 2.35. The van der Waals surface area contributed by atoms with Crippen LogP contribution in [0.25, 0.3) is 6.08 Å². The first-order chi connectivity index (χ1) is 17.9. The van der Waals surface area contributed by atoms with Crippen molar-refractivity contribution in [1.29, 1.82) is 0 Å². The van der Waals surface area contributed by atoms with Gasteiger partial charge in [0, 0.05) is 11.1 Å². The van der Waals surface area contributed by atoms with Gasteiger partial charge in [-0.3, -0.25) is 9.36 Å². The number of esters is 1. The highest BCUT2D eigenvalue weighted by molar-refractivity contribution is 7.07. The molecular formula is C27H28N2O7S. The molecule has 0 spiro atoms. The van der Waals surface area contributed by atoms with Crippen molar-refractivity contribution < 1.29 is 28.5 Å². The van der Waals surface area contributed by atoms with Crippen molar-refractivity contribution in [3.05, 3.63) is 78.5 Å². The Bertz CT molecular complexity index is 1550. The minimum absolute atomic E-state index is 0.178. The maximum Gasteiger partial charge on any atom is 0.338 e. The molecule has 4 rings (SSSR count). The Balaban J connectivity index is 2.03. The van der Waals surface area contributed by atoms with Crippen molar-refractivity contribution >= 4 is 23.4 Å². The number of fused-ring (bicyclic) bond motifs is 1. The van der Waals surface area contributed by atoms with Crippen molar-refractivity contribution in [1.82, 2.24) is 4.57 Å². The van der Waals surface area contributed by atoms with Gasteiger partial charge in [0.2, 0.25) is 0 Å². The molecule has 1 aliphatic heterocycles. The van der Waals surface area contributed by atoms with Crippen molar-refractivity contribution in [2.45, 2.75) is 19.9 Å². The van der Waals surface area contributed by atoms with Crippen LogP contribution in [0.15, 0.2) is 57.5 Å². The maximum absolute atomic E-state index is 13.9. The summed E-state index contributed by atoms with van der Waals surface area (Å²) < 4.78 is 29.2. The molecule has 37 heavy (non-hydrogen) atoms. The molecule has 1 atom stereocenters. The fourth-order valence-electron chi connectivity index (χ4n) is 4.23. The summed E-state index contributed by atoms with van der Waals surface area (Å²) in [5.41, 5.74) is 1.64. The Morgan fingerprint density at radius 3 is 2.27 bits per heavy atom. The largest absolute Gasteiger partial charge is 0.497 e. The minimum atomic E-state index is -0.838. The molecule has 2 aromatic carbocycles. The lowest BCUT2D eigenvalue weighted by Gasteiger charge is -2.26. The number of nitrogens with zero attached hydrogens (tertiary/aromatic N) is 2. The first-order valence-electron chi connectivity index (χ1n) is 11.5. The van der Waals surface area contributed by atoms with Gasteiger partial charge in [0.25, 0.3) is 5.56 Å². The zero-order valence-corrected chi connectivity index (χ0v) is 22.3. The van der Waals surface area contributed by atoms with Gasteiger partial charge in [-0.2, -0.15) is 0 Å². The average Bonchev–Trinajstić information content (AvgIpc) is 3.21. The van der Waals surface area contributed by atoms with E-state index in [1.165, 1.54) is 23.0 Å². The van der Waals surface area contributed by atoms with E-state index in [0.29, 0.717) is 49.2 Å². The Kier molecular flexibility index (Phi) is 7.68. The summed E-state index contributed by atoms with van der Waals surface area (Å²) in [4.78, 5) is 32.1. The molecule has 0 fully saturated rings. The molecule has 194 valence electrons. The number of thiazole rings is 1. The molecule has 2 heterocycles. The lowest BCUT2D eigenvalue weighted by Crippen LogP contribution is -2.40. The second-order valence-corrected chi connectivity index (χ2v) is 9.03. The molecule has 0 bridgehead atoms. The second kappa shape index (κ2) is 10.9. The van der Waals surface area contributed by atoms with Crippen LogP contribution in [0.1, 0.15) is 31.0 Å². The Labute approximate surface area is 217 Å². The number of carbonyl (C=O) groups is 1. The lowest BCUT2D eigenvalue weighted by atomic mass is 9.94. The Morgan fingerprint density at radius 1 is 1.00 bits per heavy atom. The predicted molar refractivity (Wildman–Crippen MR) is 139 cm³/mol. The number of methoxy groups -OCH3 is 4. The summed E-state index contributed by atoms with van der Waals surface area (Å²) in [6.07, 6.45) is 1.73. The summed E-state index contributed by atoms with van der Waals surface area (Å²) in [5, 5.41) is 0. The van der Waals surface area contributed by atoms with E-state index in [2.05, 4.69) is 4.99 Å². The first-order valence-corrected chi connectivity index (χ1v) is 12.3. The number of allylic oxidation sites excluding steroid dienone is 1. The van der Waals surface area contributed by atoms with Gasteiger partial charge >= 0.3 is 5.97 Å². The minimum Gasteiger partial charge on any atom is -0.497 e. The van der Waals surface area contributed by atoms with Crippen LogP contribution in [0, 0.1) is 0 Å². The van der Waals surface area contributed by atoms with Crippen LogP contribution in [-0.4, -0.2) is 45.6 Å². The summed E-state index contributed by atoms with van der Waals surface area (Å²) in [5.74, 6) is 1.70. The fourth-order valence-corrected chi connectivity index (χ4v) is 5.27. The molecule has 0 amide bonds. The number of aromatic nitrogens is 1. The first kappa shape index (κ1) is 26.0. The van der Waals surface area contributed by atoms with Crippen molar-refractivity contribution in [3.63, 3.8) is 0 Å². The molecule has 0 radical (unpaired) electrons. The zero-order chi connectivity index (χ0) is 26.7. The smallest absolute Gasteiger partial charge is 0.338 e. The summed E-state index contributed by atoms with van der Waals surface area (Å²) in [6, 6.07) is 9.75. The Hall–Kier alpha value is -4.05. The van der Waals surface area contributed by atoms with Gasteiger partial charge in [-0.25, -0.2) is 9.79 Å². The number of hydrogen-bond acceptors (Lipinski definition) is 9. The van der Waals surface area contributed by atoms with Crippen molar-refractivity contribution in [2.75, 3.05) is 35.0 Å². The topological polar surface area (TPSA) is 97.6 Å². The fraction of sp³-hybridized carbons (Fsp3) is 0.296. The van der Waals surface area contributed by atoms with Crippen LogP contribution < -0.4 is 33.8 Å². The maximum atomic E-state index is 13.9. The van der Waals surface area contributed by atoms with Crippen LogP contribution >= 0.6 is 11.3 Å². The third kappa shape index (κ3) is 4.84. The van der Waals surface area contributed by atoms with E-state index in [1.54, 1.807) is 77.7 Å². The van der Waals surface area contributed by atoms with E-state index < -0.39 is 12.0 Å². The van der Waals surface area contributed by atoms with Gasteiger partial charge in [0.1, 0.15) is 29.0 Å². The van der Waals surface area contributed by atoms with Crippen LogP contribution in [0.3, 0.4) is 0 Å². The normalized spacial score (nSPS) is 15.1. The molecule has 9 nitrogen and oxygen atoms in total. The van der Waals surface area contributed by atoms with E-state index in [0.717, 1.165) is 0 Å². The lowest BCUT2D eigenvalue weighted by molar-refractivity contribution is -0.139. The molecule has 0 saturated carbocycles. The Morgan fingerprint density at radius 2 is 1.65 bits per heavy atom. The van der Waals surface area contributed by atoms with Gasteiger partial charge < -0.3 is 23.7 Å². The van der Waals surface area contributed by atoms with Crippen molar-refractivity contribution in [3.8, 4) is 23.0 Å². The number of carbonyl (C=O) groups excluding carboxylic acids is 1. The highest BCUT2D eigenvalue weighted by atomic mass is 32.1. The van der Waals surface area contributed by atoms with E-state index in [9.17, 15) is 9.59 Å². The molecule has 1 unspecified atom stereocenters. The van der Waals surface area contributed by atoms with Crippen LogP contribution in [0.2, 0.25) is 0 Å². The quantitative estimate of drug-likeness (QED) is 0.418. The van der Waals surface area contributed by atoms with Gasteiger partial charge in [0.15, 0.2) is 4.80 Å². The van der Waals surface area contributed by atoms with Crippen LogP contribution in [-0.2, 0) is 9.53 Å². The molecule has 3 aromatic rings. The third-order valence-electron chi connectivity index (χ3n) is 5.97. The standard InChI is InChI=1S/C27H28N2O7S/c1-7-36-26(31)23-15(2)28-27-29(24(23)19-14-18(33-4)9-11-21(19)35-6)25(30)22(37-27)13-16-12-17(32-3)8-10-20(16)34-5/h8-14,24H,7H2,1-6H3/b22-13-. The SMILES string of the molecule is CCOC(=O)C1=C(C)N=c2s/c(=C\c3cc(OC)ccc3OC)c(=O)n2C1c1cc(OC)ccc1OC. The average molecular weight is 525 g/mol. The van der Waals surface area contributed by atoms with Gasteiger partial charge in [-0.05, 0) is 56.3 Å². The number of benzene rings is 2. The summed E-state index contributed by atoms with van der Waals surface area (Å²) >= 11 is 1.22.